The summed E-state index contributed by atoms with van der Waals surface area (Å²) in [7, 11) is 0. The van der Waals surface area contributed by atoms with Crippen LogP contribution >= 0.6 is 11.6 Å². The highest BCUT2D eigenvalue weighted by atomic mass is 35.5. The van der Waals surface area contributed by atoms with Crippen LogP contribution in [-0.4, -0.2) is 33.5 Å². The molecule has 7 nitrogen and oxygen atoms in total. The molecular weight excluding hydrogens is 462 g/mol. The molecule has 178 valence electrons. The van der Waals surface area contributed by atoms with Crippen molar-refractivity contribution in [2.45, 2.75) is 26.3 Å². The lowest BCUT2D eigenvalue weighted by Gasteiger charge is -2.32. The van der Waals surface area contributed by atoms with Crippen LogP contribution in [0.15, 0.2) is 71.7 Å². The Bertz CT molecular complexity index is 1440. The minimum Gasteiger partial charge on any atom is -0.351 e. The van der Waals surface area contributed by atoms with Crippen LogP contribution in [0.2, 0.25) is 5.02 Å². The van der Waals surface area contributed by atoms with Gasteiger partial charge in [0.1, 0.15) is 5.52 Å². The number of fused-ring (bicyclic) bond motifs is 1. The van der Waals surface area contributed by atoms with E-state index in [0.717, 1.165) is 24.0 Å². The summed E-state index contributed by atoms with van der Waals surface area (Å²) >= 11 is 6.31. The van der Waals surface area contributed by atoms with Crippen LogP contribution in [0, 0.1) is 12.8 Å². The first-order chi connectivity index (χ1) is 17.0. The Hall–Kier alpha value is -3.71. The SMILES string of the molecule is Cc1ccc(NC(=O)[C@H]2CCCN(c3nc4cccnc4n(Cc4ccccc4)c3=O)C2)c(Cl)c1. The van der Waals surface area contributed by atoms with E-state index in [1.165, 1.54) is 0 Å². The number of aryl methyl sites for hydroxylation is 1. The number of hydrogen-bond donors (Lipinski definition) is 1. The number of piperidine rings is 1. The van der Waals surface area contributed by atoms with Gasteiger partial charge in [-0.1, -0.05) is 48.0 Å². The largest absolute Gasteiger partial charge is 0.351 e. The van der Waals surface area contributed by atoms with Crippen molar-refractivity contribution in [1.29, 1.82) is 0 Å². The maximum absolute atomic E-state index is 13.6. The molecule has 1 aliphatic rings. The van der Waals surface area contributed by atoms with Gasteiger partial charge in [0.15, 0.2) is 11.5 Å². The lowest BCUT2D eigenvalue weighted by Crippen LogP contribution is -2.44. The number of pyridine rings is 1. The Morgan fingerprint density at radius 2 is 1.97 bits per heavy atom. The van der Waals surface area contributed by atoms with Gasteiger partial charge in [0.05, 0.1) is 23.2 Å². The zero-order chi connectivity index (χ0) is 24.4. The van der Waals surface area contributed by atoms with Crippen LogP contribution < -0.4 is 15.8 Å². The van der Waals surface area contributed by atoms with Gasteiger partial charge in [-0.15, -0.1) is 0 Å². The van der Waals surface area contributed by atoms with E-state index >= 15 is 0 Å². The summed E-state index contributed by atoms with van der Waals surface area (Å²) < 4.78 is 1.67. The molecule has 3 heterocycles. The number of benzene rings is 2. The quantitative estimate of drug-likeness (QED) is 0.443. The van der Waals surface area contributed by atoms with E-state index in [4.69, 9.17) is 11.6 Å². The summed E-state index contributed by atoms with van der Waals surface area (Å²) in [5.41, 5.74) is 3.62. The highest BCUT2D eigenvalue weighted by molar-refractivity contribution is 6.33. The number of anilines is 2. The van der Waals surface area contributed by atoms with Crippen molar-refractivity contribution in [1.82, 2.24) is 14.5 Å². The van der Waals surface area contributed by atoms with Crippen LogP contribution in [-0.2, 0) is 11.3 Å². The molecule has 1 atom stereocenters. The van der Waals surface area contributed by atoms with Gasteiger partial charge in [0, 0.05) is 19.3 Å². The Morgan fingerprint density at radius 1 is 1.14 bits per heavy atom. The number of amides is 1. The number of hydrogen-bond acceptors (Lipinski definition) is 5. The topological polar surface area (TPSA) is 80.1 Å². The van der Waals surface area contributed by atoms with E-state index in [0.29, 0.717) is 47.3 Å². The van der Waals surface area contributed by atoms with Gasteiger partial charge in [-0.05, 0) is 55.2 Å². The molecule has 5 rings (SSSR count). The minimum absolute atomic E-state index is 0.104. The van der Waals surface area contributed by atoms with Crippen LogP contribution in [0.1, 0.15) is 24.0 Å². The lowest BCUT2D eigenvalue weighted by atomic mass is 9.97. The molecule has 1 fully saturated rings. The molecule has 0 bridgehead atoms. The molecular formula is C27H26ClN5O2. The van der Waals surface area contributed by atoms with Crippen molar-refractivity contribution < 1.29 is 4.79 Å². The number of nitrogens with zero attached hydrogens (tertiary/aromatic N) is 4. The molecule has 0 spiro atoms. The predicted octanol–water partition coefficient (Wildman–Crippen LogP) is 4.66. The maximum Gasteiger partial charge on any atom is 0.295 e. The smallest absolute Gasteiger partial charge is 0.295 e. The van der Waals surface area contributed by atoms with Crippen molar-refractivity contribution in [3.8, 4) is 0 Å². The third-order valence-corrected chi connectivity index (χ3v) is 6.65. The summed E-state index contributed by atoms with van der Waals surface area (Å²) in [6.07, 6.45) is 3.19. The fourth-order valence-corrected chi connectivity index (χ4v) is 4.80. The number of aromatic nitrogens is 3. The summed E-state index contributed by atoms with van der Waals surface area (Å²) in [6, 6.07) is 19.0. The number of carbonyl (C=O) groups excluding carboxylic acids is 1. The van der Waals surface area contributed by atoms with Crippen LogP contribution in [0.4, 0.5) is 11.5 Å². The molecule has 1 N–H and O–H groups in total. The first-order valence-corrected chi connectivity index (χ1v) is 12.1. The third-order valence-electron chi connectivity index (χ3n) is 6.34. The maximum atomic E-state index is 13.6. The van der Waals surface area contributed by atoms with E-state index in [-0.39, 0.29) is 17.4 Å². The molecule has 0 radical (unpaired) electrons. The molecule has 1 amide bonds. The second kappa shape index (κ2) is 9.88. The Labute approximate surface area is 208 Å². The van der Waals surface area contributed by atoms with Gasteiger partial charge >= 0.3 is 0 Å². The fourth-order valence-electron chi connectivity index (χ4n) is 4.52. The normalized spacial score (nSPS) is 15.8. The summed E-state index contributed by atoms with van der Waals surface area (Å²) in [4.78, 5) is 37.8. The molecule has 0 saturated carbocycles. The van der Waals surface area contributed by atoms with Gasteiger partial charge in [0.2, 0.25) is 5.91 Å². The second-order valence-corrected chi connectivity index (χ2v) is 9.32. The molecule has 8 heteroatoms. The summed E-state index contributed by atoms with van der Waals surface area (Å²) in [5.74, 6) is -0.0330. The first kappa shape index (κ1) is 23.1. The monoisotopic (exact) mass is 487 g/mol. The van der Waals surface area contributed by atoms with Crippen molar-refractivity contribution in [2.24, 2.45) is 5.92 Å². The van der Waals surface area contributed by atoms with Gasteiger partial charge in [-0.25, -0.2) is 9.97 Å². The molecule has 1 aliphatic heterocycles. The molecule has 0 aliphatic carbocycles. The average Bonchev–Trinajstić information content (AvgIpc) is 2.88. The number of nitrogens with one attached hydrogen (secondary N) is 1. The van der Waals surface area contributed by atoms with Gasteiger partial charge in [-0.3, -0.25) is 14.2 Å². The number of halogens is 1. The second-order valence-electron chi connectivity index (χ2n) is 8.92. The molecule has 2 aromatic carbocycles. The first-order valence-electron chi connectivity index (χ1n) is 11.7. The highest BCUT2D eigenvalue weighted by Gasteiger charge is 2.29. The summed E-state index contributed by atoms with van der Waals surface area (Å²) in [6.45, 7) is 3.42. The molecule has 2 aromatic heterocycles. The van der Waals surface area contributed by atoms with E-state index < -0.39 is 0 Å². The van der Waals surface area contributed by atoms with Crippen molar-refractivity contribution >= 4 is 40.2 Å². The predicted molar refractivity (Wildman–Crippen MR) is 139 cm³/mol. The molecule has 1 saturated heterocycles. The highest BCUT2D eigenvalue weighted by Crippen LogP contribution is 2.26. The number of rotatable bonds is 5. The molecule has 35 heavy (non-hydrogen) atoms. The van der Waals surface area contributed by atoms with E-state index in [2.05, 4.69) is 15.3 Å². The zero-order valence-corrected chi connectivity index (χ0v) is 20.2. The fraction of sp³-hybridized carbons (Fsp3) is 0.259. The minimum atomic E-state index is -0.283. The molecule has 4 aromatic rings. The zero-order valence-electron chi connectivity index (χ0n) is 19.4. The van der Waals surface area contributed by atoms with E-state index in [1.807, 2.05) is 72.5 Å². The Balaban J connectivity index is 1.44. The van der Waals surface area contributed by atoms with Crippen LogP contribution in [0.3, 0.4) is 0 Å². The van der Waals surface area contributed by atoms with Gasteiger partial charge < -0.3 is 10.2 Å². The Kier molecular flexibility index (Phi) is 6.51. The van der Waals surface area contributed by atoms with Crippen LogP contribution in [0.5, 0.6) is 0 Å². The Morgan fingerprint density at radius 3 is 2.77 bits per heavy atom. The standard InChI is InChI=1S/C27H26ClN5O2/c1-18-11-12-22(21(28)15-18)31-26(34)20-9-6-14-32(17-20)25-27(35)33(16-19-7-3-2-4-8-19)24-23(30-25)10-5-13-29-24/h2-5,7-8,10-13,15,20H,6,9,14,16-17H2,1H3,(H,31,34)/t20-/m0/s1. The van der Waals surface area contributed by atoms with Crippen molar-refractivity contribution in [2.75, 3.05) is 23.3 Å². The third kappa shape index (κ3) is 4.91. The van der Waals surface area contributed by atoms with Gasteiger partial charge in [-0.2, -0.15) is 0 Å². The van der Waals surface area contributed by atoms with Gasteiger partial charge in [0.25, 0.3) is 5.56 Å². The molecule has 0 unspecified atom stereocenters. The average molecular weight is 488 g/mol. The van der Waals surface area contributed by atoms with Crippen molar-refractivity contribution in [3.63, 3.8) is 0 Å². The van der Waals surface area contributed by atoms with E-state index in [9.17, 15) is 9.59 Å². The van der Waals surface area contributed by atoms with Crippen LogP contribution in [0.25, 0.3) is 11.2 Å². The number of carbonyl (C=O) groups is 1. The lowest BCUT2D eigenvalue weighted by molar-refractivity contribution is -0.120. The van der Waals surface area contributed by atoms with E-state index in [1.54, 1.807) is 10.8 Å². The van der Waals surface area contributed by atoms with Crippen molar-refractivity contribution in [3.05, 3.63) is 93.4 Å². The summed E-state index contributed by atoms with van der Waals surface area (Å²) in [5, 5.41) is 3.47.